The number of benzene rings is 1. The molecule has 13 atom stereocenters. The zero-order valence-electron chi connectivity index (χ0n) is 26.4. The summed E-state index contributed by atoms with van der Waals surface area (Å²) in [4.78, 5) is 26.6. The van der Waals surface area contributed by atoms with Gasteiger partial charge in [-0.05, 0) is 51.2 Å². The van der Waals surface area contributed by atoms with Gasteiger partial charge in [-0.2, -0.15) is 0 Å². The highest BCUT2D eigenvalue weighted by Crippen LogP contribution is 2.73. The summed E-state index contributed by atoms with van der Waals surface area (Å²) in [7, 11) is 4.96. The number of carbonyl (C=O) groups excluding carboxylic acids is 2. The fourth-order valence-electron chi connectivity index (χ4n) is 10.8. The number of nitrogens with one attached hydrogen (secondary N) is 2. The first-order valence-corrected chi connectivity index (χ1v) is 16.0. The number of esters is 1. The van der Waals surface area contributed by atoms with Crippen molar-refractivity contribution >= 4 is 17.7 Å². The number of amides is 1. The number of rotatable bonds is 8. The number of hydrogen-bond acceptors (Lipinski definition) is 11. The molecule has 7 bridgehead atoms. The molecule has 4 unspecified atom stereocenters. The molecule has 1 aromatic carbocycles. The highest BCUT2D eigenvalue weighted by Gasteiger charge is 2.87. The van der Waals surface area contributed by atoms with Crippen molar-refractivity contribution in [1.29, 1.82) is 0 Å². The molecule has 3 aliphatic carbocycles. The molecule has 7 rings (SSSR count). The van der Waals surface area contributed by atoms with Crippen LogP contribution in [0.15, 0.2) is 36.9 Å². The number of nitrogens with zero attached hydrogens (tertiary/aromatic N) is 1. The van der Waals surface area contributed by atoms with E-state index in [9.17, 15) is 19.8 Å². The second-order valence-corrected chi connectivity index (χ2v) is 13.9. The van der Waals surface area contributed by atoms with Crippen molar-refractivity contribution in [3.8, 4) is 0 Å². The zero-order valence-corrected chi connectivity index (χ0v) is 26.4. The lowest BCUT2D eigenvalue weighted by atomic mass is 9.56. The Hall–Kier alpha value is -2.58. The van der Waals surface area contributed by atoms with E-state index in [1.165, 1.54) is 6.08 Å². The number of hydrazine groups is 1. The highest BCUT2D eigenvalue weighted by molar-refractivity contribution is 6.00. The van der Waals surface area contributed by atoms with Crippen LogP contribution in [0.3, 0.4) is 0 Å². The van der Waals surface area contributed by atoms with E-state index in [2.05, 4.69) is 22.3 Å². The molecule has 0 radical (unpaired) electrons. The van der Waals surface area contributed by atoms with Crippen LogP contribution in [0.4, 0.5) is 10.5 Å². The Kier molecular flexibility index (Phi) is 7.40. The molecular formula is C33H45N3O9. The Morgan fingerprint density at radius 2 is 1.89 bits per heavy atom. The average molecular weight is 628 g/mol. The second kappa shape index (κ2) is 10.7. The number of ether oxygens (including phenoxy) is 5. The maximum absolute atomic E-state index is 14.2. The smallest absolute Gasteiger partial charge is 0.411 e. The minimum atomic E-state index is -1.53. The summed E-state index contributed by atoms with van der Waals surface area (Å²) in [6.45, 7) is 5.61. The van der Waals surface area contributed by atoms with Gasteiger partial charge in [-0.15, -0.1) is 0 Å². The van der Waals surface area contributed by atoms with Crippen LogP contribution < -0.4 is 10.7 Å². The van der Waals surface area contributed by atoms with Crippen LogP contribution in [-0.2, 0) is 23.7 Å². The fourth-order valence-corrected chi connectivity index (χ4v) is 10.8. The van der Waals surface area contributed by atoms with Crippen molar-refractivity contribution in [2.45, 2.75) is 98.2 Å². The number of aliphatic hydroxyl groups is 2. The van der Waals surface area contributed by atoms with E-state index in [-0.39, 0.29) is 54.4 Å². The van der Waals surface area contributed by atoms with Crippen molar-refractivity contribution in [2.75, 3.05) is 33.3 Å². The van der Waals surface area contributed by atoms with E-state index in [0.717, 1.165) is 0 Å². The SMILES string of the molecule is C=CCOC(=O)Nc1ccccc1C(=O)O[C@@]12CC[C@H](OC)C[C@@]34C1CC(N3N[C@H]2C)[C@@]1(O)C[C@H](OC)[C@H]2CC4[C@]1(O)[C@H]2OC. The number of anilines is 1. The number of fused-ring (bicyclic) bond motifs is 2. The first-order valence-electron chi connectivity index (χ1n) is 16.0. The number of hydrogen-bond donors (Lipinski definition) is 4. The van der Waals surface area contributed by atoms with Gasteiger partial charge in [0.1, 0.15) is 23.4 Å². The monoisotopic (exact) mass is 627 g/mol. The van der Waals surface area contributed by atoms with Gasteiger partial charge in [-0.3, -0.25) is 5.32 Å². The Morgan fingerprint density at radius 1 is 1.11 bits per heavy atom. The number of para-hydroxylation sites is 1. The minimum absolute atomic E-state index is 0.0304. The number of methoxy groups -OCH3 is 3. The first kappa shape index (κ1) is 31.0. The summed E-state index contributed by atoms with van der Waals surface area (Å²) in [6.07, 6.45) is 2.86. The Labute approximate surface area is 263 Å². The summed E-state index contributed by atoms with van der Waals surface area (Å²) in [5.41, 5.74) is -0.564. The van der Waals surface area contributed by atoms with Crippen molar-refractivity contribution in [3.05, 3.63) is 42.5 Å². The molecule has 3 saturated heterocycles. The molecule has 12 heteroatoms. The molecule has 4 N–H and O–H groups in total. The minimum Gasteiger partial charge on any atom is -0.453 e. The lowest BCUT2D eigenvalue weighted by molar-refractivity contribution is -0.325. The van der Waals surface area contributed by atoms with Crippen molar-refractivity contribution < 1.29 is 43.5 Å². The molecular weight excluding hydrogens is 582 g/mol. The zero-order chi connectivity index (χ0) is 31.9. The maximum atomic E-state index is 14.2. The molecule has 3 aliphatic heterocycles. The molecule has 3 heterocycles. The van der Waals surface area contributed by atoms with Gasteiger partial charge in [0.15, 0.2) is 0 Å². The van der Waals surface area contributed by atoms with E-state index in [4.69, 9.17) is 23.7 Å². The van der Waals surface area contributed by atoms with Gasteiger partial charge in [-0.25, -0.2) is 20.0 Å². The van der Waals surface area contributed by atoms with Crippen LogP contribution in [0, 0.1) is 17.8 Å². The normalized spacial score (nSPS) is 47.0. The van der Waals surface area contributed by atoms with Gasteiger partial charge < -0.3 is 33.9 Å². The van der Waals surface area contributed by atoms with E-state index < -0.39 is 52.5 Å². The highest BCUT2D eigenvalue weighted by atomic mass is 16.6. The largest absolute Gasteiger partial charge is 0.453 e. The summed E-state index contributed by atoms with van der Waals surface area (Å²) >= 11 is 0. The molecule has 6 aliphatic rings. The summed E-state index contributed by atoms with van der Waals surface area (Å²) in [5.74, 6) is -1.31. The lowest BCUT2D eigenvalue weighted by Gasteiger charge is -2.67. The molecule has 1 aromatic rings. The average Bonchev–Trinajstić information content (AvgIpc) is 3.38. The third-order valence-corrected chi connectivity index (χ3v) is 12.5. The molecule has 6 fully saturated rings. The van der Waals surface area contributed by atoms with E-state index in [1.54, 1.807) is 45.6 Å². The van der Waals surface area contributed by atoms with Crippen LogP contribution in [0.1, 0.15) is 55.8 Å². The van der Waals surface area contributed by atoms with Gasteiger partial charge in [-0.1, -0.05) is 24.8 Å². The summed E-state index contributed by atoms with van der Waals surface area (Å²) in [6, 6.07) is 5.90. The fraction of sp³-hybridized carbons (Fsp3) is 0.697. The third-order valence-electron chi connectivity index (χ3n) is 12.5. The van der Waals surface area contributed by atoms with Gasteiger partial charge in [0.25, 0.3) is 0 Å². The predicted octanol–water partition coefficient (Wildman–Crippen LogP) is 2.40. The van der Waals surface area contributed by atoms with E-state index in [1.807, 2.05) is 6.92 Å². The van der Waals surface area contributed by atoms with Crippen molar-refractivity contribution in [2.24, 2.45) is 17.8 Å². The Bertz CT molecular complexity index is 1380. The Morgan fingerprint density at radius 3 is 2.60 bits per heavy atom. The summed E-state index contributed by atoms with van der Waals surface area (Å²) in [5, 5.41) is 30.4. The van der Waals surface area contributed by atoms with Crippen LogP contribution in [0.2, 0.25) is 0 Å². The predicted molar refractivity (Wildman–Crippen MR) is 161 cm³/mol. The van der Waals surface area contributed by atoms with Gasteiger partial charge in [0.2, 0.25) is 0 Å². The molecule has 1 amide bonds. The standard InChI is InChI=1S/C33H45N3O9/c1-6-13-44-29(38)34-22-10-8-7-9-20(22)28(37)45-31-12-11-19(41-3)16-30-24(31)15-26(36(30)35-18(31)2)32(39)17-23(42-4)21-14-25(30)33(32,40)27(21)43-5/h6-10,18-19,21,23-27,35,39-40H,1,11-17H2,2-5H3,(H,34,38)/t18-,19-,21+,23-,24?,25?,26?,27-,30-,31+,32-,33-/m0/s1. The molecule has 0 aromatic heterocycles. The molecule has 1 spiro atoms. The lowest BCUT2D eigenvalue weighted by Crippen LogP contribution is -2.86. The van der Waals surface area contributed by atoms with Gasteiger partial charge in [0.05, 0.1) is 47.2 Å². The van der Waals surface area contributed by atoms with Crippen molar-refractivity contribution in [1.82, 2.24) is 10.4 Å². The quantitative estimate of drug-likeness (QED) is 0.249. The maximum Gasteiger partial charge on any atom is 0.411 e. The van der Waals surface area contributed by atoms with Crippen LogP contribution in [0.5, 0.6) is 0 Å². The van der Waals surface area contributed by atoms with E-state index in [0.29, 0.717) is 32.1 Å². The van der Waals surface area contributed by atoms with Crippen LogP contribution >= 0.6 is 0 Å². The van der Waals surface area contributed by atoms with Gasteiger partial charge >= 0.3 is 12.1 Å². The molecule has 12 nitrogen and oxygen atoms in total. The number of piperidine rings is 1. The molecule has 3 saturated carbocycles. The van der Waals surface area contributed by atoms with Gasteiger partial charge in [0, 0.05) is 45.5 Å². The number of carbonyl (C=O) groups is 2. The molecule has 246 valence electrons. The summed E-state index contributed by atoms with van der Waals surface area (Å²) < 4.78 is 29.8. The first-order chi connectivity index (χ1) is 21.5. The van der Waals surface area contributed by atoms with Crippen LogP contribution in [0.25, 0.3) is 0 Å². The second-order valence-electron chi connectivity index (χ2n) is 13.9. The Balaban J connectivity index is 1.32. The topological polar surface area (TPSA) is 148 Å². The van der Waals surface area contributed by atoms with Crippen LogP contribution in [-0.4, -0.2) is 108 Å². The third kappa shape index (κ3) is 3.90. The van der Waals surface area contributed by atoms with E-state index >= 15 is 0 Å². The van der Waals surface area contributed by atoms with Crippen molar-refractivity contribution in [3.63, 3.8) is 0 Å². The molecule has 45 heavy (non-hydrogen) atoms.